The summed E-state index contributed by atoms with van der Waals surface area (Å²) < 4.78 is 0. The number of halogens is 1. The van der Waals surface area contributed by atoms with Crippen LogP contribution in [0.5, 0.6) is 0 Å². The molecule has 0 amide bonds. The Morgan fingerprint density at radius 3 is 2.81 bits per heavy atom. The number of nitrogens with two attached hydrogens (primary N) is 1. The van der Waals surface area contributed by atoms with Crippen molar-refractivity contribution >= 4 is 17.3 Å². The SMILES string of the molecule is CCc1nc(-c2cc(Cl)ccc2N)[nH]c1C. The van der Waals surface area contributed by atoms with Gasteiger partial charge in [0.1, 0.15) is 5.82 Å². The Hall–Kier alpha value is -1.48. The predicted molar refractivity (Wildman–Crippen MR) is 67.6 cm³/mol. The molecule has 2 aromatic rings. The van der Waals surface area contributed by atoms with Crippen LogP contribution in [0.1, 0.15) is 18.3 Å². The summed E-state index contributed by atoms with van der Waals surface area (Å²) in [5.74, 6) is 0.786. The lowest BCUT2D eigenvalue weighted by molar-refractivity contribution is 1.04. The number of nitrogens with zero attached hydrogens (tertiary/aromatic N) is 1. The molecule has 1 heterocycles. The first-order chi connectivity index (χ1) is 7.61. The number of benzene rings is 1. The first-order valence-electron chi connectivity index (χ1n) is 5.22. The minimum absolute atomic E-state index is 0.663. The molecule has 16 heavy (non-hydrogen) atoms. The normalized spacial score (nSPS) is 10.7. The number of rotatable bonds is 2. The Bertz CT molecular complexity index is 517. The molecule has 0 spiro atoms. The zero-order valence-electron chi connectivity index (χ0n) is 9.34. The number of nitrogen functional groups attached to an aromatic ring is 1. The maximum absolute atomic E-state index is 5.95. The number of aryl methyl sites for hydroxylation is 2. The summed E-state index contributed by atoms with van der Waals surface area (Å²) in [6, 6.07) is 5.40. The number of anilines is 1. The number of H-pyrrole nitrogens is 1. The summed E-state index contributed by atoms with van der Waals surface area (Å²) in [4.78, 5) is 7.74. The number of imidazole rings is 1. The summed E-state index contributed by atoms with van der Waals surface area (Å²) in [5, 5.41) is 0.663. The van der Waals surface area contributed by atoms with Gasteiger partial charge in [0.25, 0.3) is 0 Å². The van der Waals surface area contributed by atoms with E-state index in [1.54, 1.807) is 12.1 Å². The van der Waals surface area contributed by atoms with E-state index in [1.807, 2.05) is 13.0 Å². The second-order valence-corrected chi connectivity index (χ2v) is 4.18. The van der Waals surface area contributed by atoms with E-state index in [2.05, 4.69) is 16.9 Å². The lowest BCUT2D eigenvalue weighted by Crippen LogP contribution is -1.91. The van der Waals surface area contributed by atoms with Crippen LogP contribution >= 0.6 is 11.6 Å². The fourth-order valence-electron chi connectivity index (χ4n) is 1.70. The lowest BCUT2D eigenvalue weighted by atomic mass is 10.2. The van der Waals surface area contributed by atoms with Gasteiger partial charge in [-0.15, -0.1) is 0 Å². The molecule has 1 aromatic heterocycles. The molecule has 0 unspecified atom stereocenters. The van der Waals surface area contributed by atoms with Gasteiger partial charge in [-0.05, 0) is 31.5 Å². The van der Waals surface area contributed by atoms with Gasteiger partial charge >= 0.3 is 0 Å². The van der Waals surface area contributed by atoms with Crippen LogP contribution in [0.25, 0.3) is 11.4 Å². The van der Waals surface area contributed by atoms with E-state index in [9.17, 15) is 0 Å². The molecular weight excluding hydrogens is 222 g/mol. The summed E-state index contributed by atoms with van der Waals surface area (Å²) in [7, 11) is 0. The molecule has 0 atom stereocenters. The highest BCUT2D eigenvalue weighted by Crippen LogP contribution is 2.27. The van der Waals surface area contributed by atoms with Crippen molar-refractivity contribution in [1.29, 1.82) is 0 Å². The Morgan fingerprint density at radius 2 is 2.19 bits per heavy atom. The molecule has 0 aliphatic rings. The summed E-state index contributed by atoms with van der Waals surface area (Å²) >= 11 is 5.95. The third kappa shape index (κ3) is 1.91. The number of hydrogen-bond donors (Lipinski definition) is 2. The topological polar surface area (TPSA) is 54.7 Å². The zero-order chi connectivity index (χ0) is 11.7. The molecule has 0 aliphatic carbocycles. The second-order valence-electron chi connectivity index (χ2n) is 3.74. The largest absolute Gasteiger partial charge is 0.398 e. The van der Waals surface area contributed by atoms with Gasteiger partial charge < -0.3 is 10.7 Å². The smallest absolute Gasteiger partial charge is 0.139 e. The first kappa shape index (κ1) is 11.0. The maximum atomic E-state index is 5.95. The van der Waals surface area contributed by atoms with Gasteiger partial charge in [-0.1, -0.05) is 18.5 Å². The molecule has 3 nitrogen and oxygen atoms in total. The highest BCUT2D eigenvalue weighted by atomic mass is 35.5. The van der Waals surface area contributed by atoms with Crippen molar-refractivity contribution < 1.29 is 0 Å². The first-order valence-corrected chi connectivity index (χ1v) is 5.60. The van der Waals surface area contributed by atoms with E-state index in [4.69, 9.17) is 17.3 Å². The van der Waals surface area contributed by atoms with Gasteiger partial charge in [0, 0.05) is 22.0 Å². The molecule has 0 fully saturated rings. The molecular formula is C12H14ClN3. The Balaban J connectivity index is 2.53. The van der Waals surface area contributed by atoms with Crippen LogP contribution in [0.2, 0.25) is 5.02 Å². The standard InChI is InChI=1S/C12H14ClN3/c1-3-11-7(2)15-12(16-11)9-6-8(13)4-5-10(9)14/h4-6H,3,14H2,1-2H3,(H,15,16). The average Bonchev–Trinajstić information content (AvgIpc) is 2.63. The molecule has 0 aliphatic heterocycles. The van der Waals surface area contributed by atoms with Crippen LogP contribution in [0.3, 0.4) is 0 Å². The number of hydrogen-bond acceptors (Lipinski definition) is 2. The van der Waals surface area contributed by atoms with Gasteiger partial charge in [-0.2, -0.15) is 0 Å². The molecule has 3 N–H and O–H groups in total. The number of nitrogens with one attached hydrogen (secondary N) is 1. The van der Waals surface area contributed by atoms with Crippen LogP contribution in [-0.2, 0) is 6.42 Å². The van der Waals surface area contributed by atoms with E-state index in [-0.39, 0.29) is 0 Å². The van der Waals surface area contributed by atoms with E-state index in [0.717, 1.165) is 29.2 Å². The minimum Gasteiger partial charge on any atom is -0.398 e. The summed E-state index contributed by atoms with van der Waals surface area (Å²) in [5.41, 5.74) is 9.59. The van der Waals surface area contributed by atoms with Crippen molar-refractivity contribution in [1.82, 2.24) is 9.97 Å². The van der Waals surface area contributed by atoms with Crippen molar-refractivity contribution in [3.63, 3.8) is 0 Å². The predicted octanol–water partition coefficient (Wildman–Crippen LogP) is 3.18. The summed E-state index contributed by atoms with van der Waals surface area (Å²) in [6.07, 6.45) is 0.906. The lowest BCUT2D eigenvalue weighted by Gasteiger charge is -2.02. The van der Waals surface area contributed by atoms with E-state index in [0.29, 0.717) is 10.7 Å². The van der Waals surface area contributed by atoms with Crippen LogP contribution in [-0.4, -0.2) is 9.97 Å². The molecule has 0 radical (unpaired) electrons. The number of aromatic nitrogens is 2. The Labute approximate surface area is 99.7 Å². The quantitative estimate of drug-likeness (QED) is 0.786. The highest BCUT2D eigenvalue weighted by Gasteiger charge is 2.10. The third-order valence-electron chi connectivity index (χ3n) is 2.59. The van der Waals surface area contributed by atoms with Gasteiger partial charge in [0.15, 0.2) is 0 Å². The highest BCUT2D eigenvalue weighted by molar-refractivity contribution is 6.31. The molecule has 0 saturated carbocycles. The fourth-order valence-corrected chi connectivity index (χ4v) is 1.87. The Morgan fingerprint density at radius 1 is 1.44 bits per heavy atom. The van der Waals surface area contributed by atoms with Crippen LogP contribution < -0.4 is 5.73 Å². The van der Waals surface area contributed by atoms with Crippen molar-refractivity contribution in [2.45, 2.75) is 20.3 Å². The molecule has 84 valence electrons. The summed E-state index contributed by atoms with van der Waals surface area (Å²) in [6.45, 7) is 4.09. The van der Waals surface area contributed by atoms with Crippen molar-refractivity contribution in [2.24, 2.45) is 0 Å². The van der Waals surface area contributed by atoms with Crippen molar-refractivity contribution in [2.75, 3.05) is 5.73 Å². The van der Waals surface area contributed by atoms with Crippen molar-refractivity contribution in [3.05, 3.63) is 34.6 Å². The van der Waals surface area contributed by atoms with Crippen LogP contribution in [0.15, 0.2) is 18.2 Å². The molecule has 0 bridgehead atoms. The molecule has 0 saturated heterocycles. The van der Waals surface area contributed by atoms with Crippen LogP contribution in [0.4, 0.5) is 5.69 Å². The second kappa shape index (κ2) is 4.18. The maximum Gasteiger partial charge on any atom is 0.139 e. The van der Waals surface area contributed by atoms with Gasteiger partial charge in [-0.25, -0.2) is 4.98 Å². The van der Waals surface area contributed by atoms with Gasteiger partial charge in [0.2, 0.25) is 0 Å². The average molecular weight is 236 g/mol. The molecule has 4 heteroatoms. The van der Waals surface area contributed by atoms with Gasteiger partial charge in [0.05, 0.1) is 5.69 Å². The molecule has 2 rings (SSSR count). The van der Waals surface area contributed by atoms with E-state index < -0.39 is 0 Å². The Kier molecular flexibility index (Phi) is 2.88. The van der Waals surface area contributed by atoms with Crippen molar-refractivity contribution in [3.8, 4) is 11.4 Å². The van der Waals surface area contributed by atoms with Crippen LogP contribution in [0, 0.1) is 6.92 Å². The monoisotopic (exact) mass is 235 g/mol. The zero-order valence-corrected chi connectivity index (χ0v) is 10.1. The van der Waals surface area contributed by atoms with E-state index >= 15 is 0 Å². The fraction of sp³-hybridized carbons (Fsp3) is 0.250. The minimum atomic E-state index is 0.663. The molecule has 1 aromatic carbocycles. The van der Waals surface area contributed by atoms with E-state index in [1.165, 1.54) is 0 Å². The number of aromatic amines is 1. The third-order valence-corrected chi connectivity index (χ3v) is 2.83. The van der Waals surface area contributed by atoms with Gasteiger partial charge in [-0.3, -0.25) is 0 Å².